The Morgan fingerprint density at radius 2 is 1.50 bits per heavy atom. The molecule has 5 heteroatoms. The molecular weight excluding hydrogens is 410 g/mol. The second-order valence-corrected chi connectivity index (χ2v) is 6.34. The van der Waals surface area contributed by atoms with Crippen molar-refractivity contribution >= 4 is 37.5 Å². The lowest BCUT2D eigenvalue weighted by Crippen LogP contribution is -2.01. The van der Waals surface area contributed by atoms with Crippen LogP contribution in [0, 0.1) is 0 Å². The van der Waals surface area contributed by atoms with Crippen LogP contribution in [0.5, 0.6) is 11.5 Å². The standard InChI is InChI=1S/C17H19Br2NO2/c1-3-21-14-7-5-13(6-8-14)20-11-12-9-15(18)17(22-4-2)16(19)10-12/h5-10,20H,3-4,11H2,1-2H3. The highest BCUT2D eigenvalue weighted by Gasteiger charge is 2.08. The Labute approximate surface area is 148 Å². The van der Waals surface area contributed by atoms with Crippen molar-refractivity contribution in [2.24, 2.45) is 0 Å². The van der Waals surface area contributed by atoms with Gasteiger partial charge in [-0.15, -0.1) is 0 Å². The first-order valence-corrected chi connectivity index (χ1v) is 8.80. The van der Waals surface area contributed by atoms with Crippen LogP contribution >= 0.6 is 31.9 Å². The van der Waals surface area contributed by atoms with Crippen LogP contribution in [0.2, 0.25) is 0 Å². The predicted octanol–water partition coefficient (Wildman–Crippen LogP) is 5.62. The second kappa shape index (κ2) is 8.44. The molecule has 2 aromatic carbocycles. The van der Waals surface area contributed by atoms with Crippen molar-refractivity contribution in [2.45, 2.75) is 20.4 Å². The zero-order valence-electron chi connectivity index (χ0n) is 12.7. The van der Waals surface area contributed by atoms with E-state index in [9.17, 15) is 0 Å². The lowest BCUT2D eigenvalue weighted by atomic mass is 10.2. The van der Waals surface area contributed by atoms with Crippen molar-refractivity contribution in [2.75, 3.05) is 18.5 Å². The summed E-state index contributed by atoms with van der Waals surface area (Å²) in [6, 6.07) is 12.1. The van der Waals surface area contributed by atoms with E-state index in [4.69, 9.17) is 9.47 Å². The van der Waals surface area contributed by atoms with Crippen molar-refractivity contribution < 1.29 is 9.47 Å². The van der Waals surface area contributed by atoms with E-state index in [1.165, 1.54) is 0 Å². The van der Waals surface area contributed by atoms with Crippen molar-refractivity contribution in [3.8, 4) is 11.5 Å². The Hall–Kier alpha value is -1.20. The molecule has 0 heterocycles. The van der Waals surface area contributed by atoms with E-state index < -0.39 is 0 Å². The fourth-order valence-corrected chi connectivity index (χ4v) is 3.55. The van der Waals surface area contributed by atoms with Gasteiger partial charge in [0.05, 0.1) is 22.2 Å². The molecular formula is C17H19Br2NO2. The maximum atomic E-state index is 5.59. The van der Waals surface area contributed by atoms with Gasteiger partial charge in [0, 0.05) is 12.2 Å². The zero-order chi connectivity index (χ0) is 15.9. The first kappa shape index (κ1) is 17.2. The summed E-state index contributed by atoms with van der Waals surface area (Å²) < 4.78 is 12.9. The SMILES string of the molecule is CCOc1ccc(NCc2cc(Br)c(OCC)c(Br)c2)cc1. The predicted molar refractivity (Wildman–Crippen MR) is 97.9 cm³/mol. The van der Waals surface area contributed by atoms with Gasteiger partial charge < -0.3 is 14.8 Å². The van der Waals surface area contributed by atoms with Crippen LogP contribution in [-0.2, 0) is 6.54 Å². The van der Waals surface area contributed by atoms with Crippen LogP contribution in [-0.4, -0.2) is 13.2 Å². The molecule has 0 aromatic heterocycles. The quantitative estimate of drug-likeness (QED) is 0.620. The summed E-state index contributed by atoms with van der Waals surface area (Å²) >= 11 is 7.11. The first-order valence-electron chi connectivity index (χ1n) is 7.21. The monoisotopic (exact) mass is 427 g/mol. The van der Waals surface area contributed by atoms with Gasteiger partial charge in [0.1, 0.15) is 11.5 Å². The summed E-state index contributed by atoms with van der Waals surface area (Å²) in [5.74, 6) is 1.73. The molecule has 0 unspecified atom stereocenters. The minimum Gasteiger partial charge on any atom is -0.494 e. The van der Waals surface area contributed by atoms with Crippen LogP contribution in [0.1, 0.15) is 19.4 Å². The largest absolute Gasteiger partial charge is 0.494 e. The summed E-state index contributed by atoms with van der Waals surface area (Å²) in [6.45, 7) is 6.01. The van der Waals surface area contributed by atoms with Crippen LogP contribution in [0.4, 0.5) is 5.69 Å². The maximum absolute atomic E-state index is 5.59. The summed E-state index contributed by atoms with van der Waals surface area (Å²) in [5.41, 5.74) is 2.22. The first-order chi connectivity index (χ1) is 10.6. The number of hydrogen-bond acceptors (Lipinski definition) is 3. The van der Waals surface area contributed by atoms with Gasteiger partial charge in [-0.05, 0) is 87.7 Å². The zero-order valence-corrected chi connectivity index (χ0v) is 15.8. The van der Waals surface area contributed by atoms with Gasteiger partial charge in [-0.25, -0.2) is 0 Å². The third-order valence-corrected chi connectivity index (χ3v) is 4.19. The number of ether oxygens (including phenoxy) is 2. The van der Waals surface area contributed by atoms with Crippen LogP contribution < -0.4 is 14.8 Å². The molecule has 2 rings (SSSR count). The lowest BCUT2D eigenvalue weighted by Gasteiger charge is -2.12. The highest BCUT2D eigenvalue weighted by molar-refractivity contribution is 9.11. The molecule has 22 heavy (non-hydrogen) atoms. The van der Waals surface area contributed by atoms with E-state index in [0.717, 1.165) is 38.2 Å². The minimum atomic E-state index is 0.640. The fourth-order valence-electron chi connectivity index (χ4n) is 2.04. The molecule has 3 nitrogen and oxygen atoms in total. The fraction of sp³-hybridized carbons (Fsp3) is 0.294. The Bertz CT molecular complexity index is 592. The normalized spacial score (nSPS) is 10.4. The average molecular weight is 429 g/mol. The van der Waals surface area contributed by atoms with Crippen molar-refractivity contribution in [1.29, 1.82) is 0 Å². The van der Waals surface area contributed by atoms with Gasteiger partial charge in [0.2, 0.25) is 0 Å². The molecule has 0 spiro atoms. The van der Waals surface area contributed by atoms with Crippen LogP contribution in [0.25, 0.3) is 0 Å². The van der Waals surface area contributed by atoms with Gasteiger partial charge in [-0.2, -0.15) is 0 Å². The summed E-state index contributed by atoms with van der Waals surface area (Å²) in [5, 5.41) is 3.40. The Morgan fingerprint density at radius 3 is 2.05 bits per heavy atom. The van der Waals surface area contributed by atoms with E-state index in [2.05, 4.69) is 49.3 Å². The number of anilines is 1. The van der Waals surface area contributed by atoms with Crippen molar-refractivity contribution in [3.63, 3.8) is 0 Å². The summed E-state index contributed by atoms with van der Waals surface area (Å²) in [7, 11) is 0. The molecule has 0 bridgehead atoms. The smallest absolute Gasteiger partial charge is 0.147 e. The molecule has 0 aliphatic carbocycles. The minimum absolute atomic E-state index is 0.640. The maximum Gasteiger partial charge on any atom is 0.147 e. The molecule has 0 fully saturated rings. The molecule has 0 aliphatic rings. The van der Waals surface area contributed by atoms with Gasteiger partial charge in [0.15, 0.2) is 0 Å². The summed E-state index contributed by atoms with van der Waals surface area (Å²) in [4.78, 5) is 0. The Kier molecular flexibility index (Phi) is 6.58. The Morgan fingerprint density at radius 1 is 0.909 bits per heavy atom. The van der Waals surface area contributed by atoms with E-state index in [0.29, 0.717) is 13.2 Å². The van der Waals surface area contributed by atoms with Gasteiger partial charge in [-0.1, -0.05) is 0 Å². The van der Waals surface area contributed by atoms with E-state index in [1.807, 2.05) is 38.1 Å². The van der Waals surface area contributed by atoms with Crippen LogP contribution in [0.15, 0.2) is 45.3 Å². The Balaban J connectivity index is 2.02. The molecule has 118 valence electrons. The number of nitrogens with one attached hydrogen (secondary N) is 1. The van der Waals surface area contributed by atoms with E-state index in [1.54, 1.807) is 0 Å². The highest BCUT2D eigenvalue weighted by Crippen LogP contribution is 2.35. The molecule has 0 radical (unpaired) electrons. The number of halogens is 2. The number of benzene rings is 2. The lowest BCUT2D eigenvalue weighted by molar-refractivity contribution is 0.336. The molecule has 1 N–H and O–H groups in total. The highest BCUT2D eigenvalue weighted by atomic mass is 79.9. The van der Waals surface area contributed by atoms with E-state index in [-0.39, 0.29) is 0 Å². The number of rotatable bonds is 7. The van der Waals surface area contributed by atoms with E-state index >= 15 is 0 Å². The topological polar surface area (TPSA) is 30.5 Å². The molecule has 0 saturated carbocycles. The van der Waals surface area contributed by atoms with Gasteiger partial charge in [-0.3, -0.25) is 0 Å². The molecule has 0 atom stereocenters. The number of hydrogen-bond donors (Lipinski definition) is 1. The molecule has 0 amide bonds. The summed E-state index contributed by atoms with van der Waals surface area (Å²) in [6.07, 6.45) is 0. The third-order valence-electron chi connectivity index (χ3n) is 3.01. The van der Waals surface area contributed by atoms with Crippen LogP contribution in [0.3, 0.4) is 0 Å². The van der Waals surface area contributed by atoms with Crippen molar-refractivity contribution in [1.82, 2.24) is 0 Å². The molecule has 2 aromatic rings. The third kappa shape index (κ3) is 4.65. The average Bonchev–Trinajstić information content (AvgIpc) is 2.50. The molecule has 0 saturated heterocycles. The molecule has 0 aliphatic heterocycles. The van der Waals surface area contributed by atoms with Gasteiger partial charge in [0.25, 0.3) is 0 Å². The van der Waals surface area contributed by atoms with Gasteiger partial charge >= 0.3 is 0 Å². The second-order valence-electron chi connectivity index (χ2n) is 4.63. The van der Waals surface area contributed by atoms with Crippen molar-refractivity contribution in [3.05, 3.63) is 50.9 Å².